The Labute approximate surface area is 96.4 Å². The first-order valence-corrected chi connectivity index (χ1v) is 6.09. The Morgan fingerprint density at radius 2 is 2.06 bits per heavy atom. The number of carbonyl (C=O) groups excluding carboxylic acids is 1. The Bertz CT molecular complexity index is 402. The third-order valence-electron chi connectivity index (χ3n) is 4.40. The molecule has 5 aliphatic carbocycles. The molecule has 2 heteroatoms. The normalized spacial score (nSPS) is 39.4. The van der Waals surface area contributed by atoms with Gasteiger partial charge in [0.25, 0.3) is 0 Å². The third kappa shape index (κ3) is 1.28. The Balaban J connectivity index is 1.87. The zero-order chi connectivity index (χ0) is 11.5. The van der Waals surface area contributed by atoms with E-state index in [9.17, 15) is 4.79 Å². The summed E-state index contributed by atoms with van der Waals surface area (Å²) in [6.45, 7) is 7.67. The molecule has 3 fully saturated rings. The molecule has 2 unspecified atom stereocenters. The lowest BCUT2D eigenvalue weighted by Crippen LogP contribution is -2.48. The number of allylic oxidation sites excluding steroid dienone is 2. The second-order valence-corrected chi connectivity index (χ2v) is 6.07. The molecule has 0 heterocycles. The van der Waals surface area contributed by atoms with E-state index in [0.29, 0.717) is 22.8 Å². The summed E-state index contributed by atoms with van der Waals surface area (Å²) in [6.07, 6.45) is 4.87. The van der Waals surface area contributed by atoms with Crippen molar-refractivity contribution < 1.29 is 9.53 Å². The molecule has 16 heavy (non-hydrogen) atoms. The van der Waals surface area contributed by atoms with Gasteiger partial charge in [-0.15, -0.1) is 0 Å². The zero-order valence-corrected chi connectivity index (χ0v) is 10.0. The molecular formula is C14H18O2. The number of ether oxygens (including phenoxy) is 1. The summed E-state index contributed by atoms with van der Waals surface area (Å²) in [5.41, 5.74) is 2.34. The molecule has 0 saturated heterocycles. The van der Waals surface area contributed by atoms with Gasteiger partial charge in [0.1, 0.15) is 5.76 Å². The van der Waals surface area contributed by atoms with E-state index in [0.717, 1.165) is 12.2 Å². The molecule has 3 saturated carbocycles. The highest BCUT2D eigenvalue weighted by molar-refractivity contribution is 5.87. The molecule has 0 aromatic rings. The summed E-state index contributed by atoms with van der Waals surface area (Å²) in [6, 6.07) is 0. The van der Waals surface area contributed by atoms with Crippen LogP contribution in [0.4, 0.5) is 0 Å². The first-order chi connectivity index (χ1) is 7.48. The average molecular weight is 218 g/mol. The number of fused-ring (bicyclic) bond motifs is 1. The fraction of sp³-hybridized carbons (Fsp3) is 0.643. The van der Waals surface area contributed by atoms with Crippen LogP contribution >= 0.6 is 0 Å². The van der Waals surface area contributed by atoms with Crippen LogP contribution in [0.3, 0.4) is 0 Å². The highest BCUT2D eigenvalue weighted by atomic mass is 16.5. The van der Waals surface area contributed by atoms with Gasteiger partial charge in [0.2, 0.25) is 0 Å². The predicted molar refractivity (Wildman–Crippen MR) is 61.5 cm³/mol. The molecule has 5 rings (SSSR count). The van der Waals surface area contributed by atoms with E-state index < -0.39 is 0 Å². The van der Waals surface area contributed by atoms with E-state index in [1.807, 2.05) is 0 Å². The van der Waals surface area contributed by atoms with Crippen molar-refractivity contribution in [2.24, 2.45) is 17.3 Å². The van der Waals surface area contributed by atoms with E-state index in [4.69, 9.17) is 4.74 Å². The summed E-state index contributed by atoms with van der Waals surface area (Å²) in [5.74, 6) is 2.16. The first-order valence-electron chi connectivity index (χ1n) is 6.09. The zero-order valence-electron chi connectivity index (χ0n) is 10.0. The van der Waals surface area contributed by atoms with Crippen molar-refractivity contribution in [3.63, 3.8) is 0 Å². The summed E-state index contributed by atoms with van der Waals surface area (Å²) < 4.78 is 5.49. The predicted octanol–water partition coefficient (Wildman–Crippen LogP) is 3.20. The highest BCUT2D eigenvalue weighted by Gasteiger charge is 2.54. The van der Waals surface area contributed by atoms with Crippen molar-refractivity contribution in [1.82, 2.24) is 0 Å². The molecule has 0 radical (unpaired) electrons. The van der Waals surface area contributed by atoms with Gasteiger partial charge in [-0.2, -0.15) is 0 Å². The number of carbonyl (C=O) groups is 1. The van der Waals surface area contributed by atoms with Crippen LogP contribution < -0.4 is 0 Å². The number of hydrogen-bond donors (Lipinski definition) is 0. The van der Waals surface area contributed by atoms with Gasteiger partial charge in [-0.1, -0.05) is 13.5 Å². The number of esters is 1. The van der Waals surface area contributed by atoms with Gasteiger partial charge in [-0.3, -0.25) is 0 Å². The Morgan fingerprint density at radius 3 is 2.56 bits per heavy atom. The second kappa shape index (κ2) is 2.99. The molecule has 5 aliphatic rings. The second-order valence-electron chi connectivity index (χ2n) is 6.07. The molecule has 0 spiro atoms. The molecule has 0 N–H and O–H groups in total. The topological polar surface area (TPSA) is 26.3 Å². The van der Waals surface area contributed by atoms with Crippen molar-refractivity contribution >= 4 is 5.97 Å². The van der Waals surface area contributed by atoms with Gasteiger partial charge in [-0.25, -0.2) is 4.79 Å². The molecule has 86 valence electrons. The maximum absolute atomic E-state index is 11.6. The van der Waals surface area contributed by atoms with Crippen LogP contribution in [0.25, 0.3) is 0 Å². The summed E-state index contributed by atoms with van der Waals surface area (Å²) >= 11 is 0. The Hall–Kier alpha value is -1.05. The molecule has 0 aromatic carbocycles. The van der Waals surface area contributed by atoms with Crippen molar-refractivity contribution in [2.75, 3.05) is 0 Å². The van der Waals surface area contributed by atoms with Gasteiger partial charge in [0, 0.05) is 12.0 Å². The minimum atomic E-state index is -0.252. The summed E-state index contributed by atoms with van der Waals surface area (Å²) in [4.78, 5) is 11.6. The van der Waals surface area contributed by atoms with E-state index in [2.05, 4.69) is 13.5 Å². The van der Waals surface area contributed by atoms with Crippen LogP contribution in [-0.4, -0.2) is 5.97 Å². The highest BCUT2D eigenvalue weighted by Crippen LogP contribution is 2.64. The molecule has 2 nitrogen and oxygen atoms in total. The quantitative estimate of drug-likeness (QED) is 0.525. The largest absolute Gasteiger partial charge is 0.428 e. The van der Waals surface area contributed by atoms with E-state index >= 15 is 0 Å². The SMILES string of the molecule is C=C(C)C(=O)OC1=C2C3CC2CC(C)(C1)C3. The van der Waals surface area contributed by atoms with Crippen LogP contribution in [0.2, 0.25) is 0 Å². The summed E-state index contributed by atoms with van der Waals surface area (Å²) in [7, 11) is 0. The number of rotatable bonds is 2. The fourth-order valence-corrected chi connectivity index (χ4v) is 3.81. The summed E-state index contributed by atoms with van der Waals surface area (Å²) in [5, 5.41) is 0. The third-order valence-corrected chi connectivity index (χ3v) is 4.40. The van der Waals surface area contributed by atoms with E-state index in [1.54, 1.807) is 6.92 Å². The maximum atomic E-state index is 11.6. The van der Waals surface area contributed by atoms with E-state index in [-0.39, 0.29) is 5.97 Å². The maximum Gasteiger partial charge on any atom is 0.338 e. The minimum Gasteiger partial charge on any atom is -0.428 e. The lowest BCUT2D eigenvalue weighted by Gasteiger charge is -2.57. The van der Waals surface area contributed by atoms with Gasteiger partial charge in [0.05, 0.1) is 0 Å². The van der Waals surface area contributed by atoms with Crippen LogP contribution in [-0.2, 0) is 9.53 Å². The van der Waals surface area contributed by atoms with Gasteiger partial charge in [0.15, 0.2) is 0 Å². The van der Waals surface area contributed by atoms with Crippen LogP contribution in [0, 0.1) is 17.3 Å². The first kappa shape index (κ1) is 10.1. The Kier molecular flexibility index (Phi) is 1.90. The molecular weight excluding hydrogens is 200 g/mol. The van der Waals surface area contributed by atoms with Crippen molar-refractivity contribution in [1.29, 1.82) is 0 Å². The fourth-order valence-electron chi connectivity index (χ4n) is 3.81. The minimum absolute atomic E-state index is 0.252. The number of hydrogen-bond acceptors (Lipinski definition) is 2. The van der Waals surface area contributed by atoms with Crippen LogP contribution in [0.5, 0.6) is 0 Å². The molecule has 0 aromatic heterocycles. The molecule has 0 aliphatic heterocycles. The van der Waals surface area contributed by atoms with Crippen molar-refractivity contribution in [3.8, 4) is 0 Å². The molecule has 0 amide bonds. The van der Waals surface area contributed by atoms with Crippen LogP contribution in [0.1, 0.15) is 39.5 Å². The lowest BCUT2D eigenvalue weighted by atomic mass is 9.48. The van der Waals surface area contributed by atoms with Gasteiger partial charge < -0.3 is 4.74 Å². The van der Waals surface area contributed by atoms with Crippen molar-refractivity contribution in [3.05, 3.63) is 23.5 Å². The molecule has 2 atom stereocenters. The molecule has 4 bridgehead atoms. The van der Waals surface area contributed by atoms with Crippen LogP contribution in [0.15, 0.2) is 23.5 Å². The van der Waals surface area contributed by atoms with Gasteiger partial charge >= 0.3 is 5.97 Å². The standard InChI is InChI=1S/C14H18O2/c1-8(2)13(15)16-11-7-14(3)5-9-4-10(6-14)12(9)11/h9-10H,1,4-7H2,2-3H3. The average Bonchev–Trinajstić information content (AvgIpc) is 2.14. The smallest absolute Gasteiger partial charge is 0.338 e. The monoisotopic (exact) mass is 218 g/mol. The van der Waals surface area contributed by atoms with Crippen molar-refractivity contribution in [2.45, 2.75) is 39.5 Å². The lowest BCUT2D eigenvalue weighted by molar-refractivity contribution is -0.137. The Morgan fingerprint density at radius 1 is 1.44 bits per heavy atom. The van der Waals surface area contributed by atoms with E-state index in [1.165, 1.54) is 24.8 Å². The van der Waals surface area contributed by atoms with Gasteiger partial charge in [-0.05, 0) is 49.0 Å².